The Hall–Kier alpha value is -2.64. The normalized spacial score (nSPS) is 16.2. The SMILES string of the molecule is COC(=O)c1ccc2c(C3CCCCC3)c3n(c2c1)CC=Cc1ncn(COCC[Si](C)(C)C)c1-3. The second-order valence-electron chi connectivity index (χ2n) is 11.1. The molecule has 0 saturated heterocycles. The molecule has 0 amide bonds. The van der Waals surface area contributed by atoms with Gasteiger partial charge in [-0.25, -0.2) is 9.78 Å². The van der Waals surface area contributed by atoms with Gasteiger partial charge >= 0.3 is 5.97 Å². The Morgan fingerprint density at radius 2 is 1.94 bits per heavy atom. The van der Waals surface area contributed by atoms with E-state index in [1.54, 1.807) is 0 Å². The fraction of sp³-hybridized carbons (Fsp3) is 0.500. The van der Waals surface area contributed by atoms with E-state index in [-0.39, 0.29) is 5.97 Å². The average Bonchev–Trinajstić information content (AvgIpc) is 3.33. The van der Waals surface area contributed by atoms with E-state index in [4.69, 9.17) is 14.5 Å². The summed E-state index contributed by atoms with van der Waals surface area (Å²) in [5.74, 6) is 0.209. The Morgan fingerprint density at radius 3 is 2.69 bits per heavy atom. The number of carbonyl (C=O) groups is 1. The molecule has 35 heavy (non-hydrogen) atoms. The van der Waals surface area contributed by atoms with Gasteiger partial charge in [-0.05, 0) is 48.6 Å². The van der Waals surface area contributed by atoms with Crippen molar-refractivity contribution in [1.29, 1.82) is 0 Å². The van der Waals surface area contributed by atoms with E-state index >= 15 is 0 Å². The average molecular weight is 492 g/mol. The highest BCUT2D eigenvalue weighted by Gasteiger charge is 2.30. The topological polar surface area (TPSA) is 58.3 Å². The van der Waals surface area contributed by atoms with Crippen molar-refractivity contribution in [1.82, 2.24) is 14.1 Å². The van der Waals surface area contributed by atoms with E-state index in [2.05, 4.69) is 47.0 Å². The van der Waals surface area contributed by atoms with Crippen molar-refractivity contribution in [3.05, 3.63) is 47.4 Å². The van der Waals surface area contributed by atoms with E-state index in [0.29, 0.717) is 18.2 Å². The van der Waals surface area contributed by atoms with Crippen molar-refractivity contribution in [2.75, 3.05) is 13.7 Å². The lowest BCUT2D eigenvalue weighted by atomic mass is 9.82. The fourth-order valence-corrected chi connectivity index (χ4v) is 6.31. The third kappa shape index (κ3) is 4.76. The second kappa shape index (κ2) is 9.78. The molecule has 5 rings (SSSR count). The Kier molecular flexibility index (Phi) is 6.73. The van der Waals surface area contributed by atoms with Crippen LogP contribution < -0.4 is 0 Å². The minimum absolute atomic E-state index is 0.299. The molecule has 1 fully saturated rings. The number of rotatable bonds is 7. The zero-order valence-corrected chi connectivity index (χ0v) is 22.5. The molecule has 1 saturated carbocycles. The summed E-state index contributed by atoms with van der Waals surface area (Å²) in [6.45, 7) is 9.15. The minimum atomic E-state index is -1.15. The first-order valence-electron chi connectivity index (χ1n) is 12.9. The van der Waals surface area contributed by atoms with Gasteiger partial charge in [0.05, 0.1) is 36.1 Å². The maximum atomic E-state index is 12.4. The van der Waals surface area contributed by atoms with E-state index in [9.17, 15) is 4.79 Å². The van der Waals surface area contributed by atoms with Crippen LogP contribution in [0.5, 0.6) is 0 Å². The van der Waals surface area contributed by atoms with Crippen LogP contribution in [0, 0.1) is 0 Å². The predicted molar refractivity (Wildman–Crippen MR) is 143 cm³/mol. The lowest BCUT2D eigenvalue weighted by Crippen LogP contribution is -2.22. The molecule has 1 aromatic carbocycles. The van der Waals surface area contributed by atoms with Gasteiger partial charge in [0.2, 0.25) is 0 Å². The molecule has 0 unspecified atom stereocenters. The summed E-state index contributed by atoms with van der Waals surface area (Å²) in [6, 6.07) is 7.18. The zero-order valence-electron chi connectivity index (χ0n) is 21.5. The largest absolute Gasteiger partial charge is 0.465 e. The fourth-order valence-electron chi connectivity index (χ4n) is 5.56. The third-order valence-corrected chi connectivity index (χ3v) is 9.12. The van der Waals surface area contributed by atoms with Crippen LogP contribution in [-0.4, -0.2) is 41.9 Å². The maximum absolute atomic E-state index is 12.4. The molecule has 3 heterocycles. The minimum Gasteiger partial charge on any atom is -0.465 e. The lowest BCUT2D eigenvalue weighted by molar-refractivity contribution is 0.0601. The first-order valence-corrected chi connectivity index (χ1v) is 16.6. The number of methoxy groups -OCH3 is 1. The number of hydrogen-bond acceptors (Lipinski definition) is 4. The van der Waals surface area contributed by atoms with Gasteiger partial charge in [0.1, 0.15) is 6.73 Å². The number of hydrogen-bond donors (Lipinski definition) is 0. The molecule has 2 aromatic heterocycles. The lowest BCUT2D eigenvalue weighted by Gasteiger charge is -2.24. The van der Waals surface area contributed by atoms with Crippen molar-refractivity contribution < 1.29 is 14.3 Å². The number of imidazole rings is 1. The number of esters is 1. The van der Waals surface area contributed by atoms with Gasteiger partial charge in [0.15, 0.2) is 0 Å². The molecule has 0 radical (unpaired) electrons. The zero-order chi connectivity index (χ0) is 24.6. The quantitative estimate of drug-likeness (QED) is 0.210. The molecule has 3 aromatic rings. The molecule has 186 valence electrons. The van der Waals surface area contributed by atoms with Crippen molar-refractivity contribution in [3.8, 4) is 11.4 Å². The Bertz CT molecular complexity index is 1260. The summed E-state index contributed by atoms with van der Waals surface area (Å²) in [7, 11) is 0.291. The molecule has 1 aliphatic heterocycles. The molecular formula is C28H37N3O3Si. The van der Waals surface area contributed by atoms with Gasteiger partial charge in [-0.15, -0.1) is 0 Å². The summed E-state index contributed by atoms with van der Waals surface area (Å²) in [6.07, 6.45) is 12.5. The maximum Gasteiger partial charge on any atom is 0.337 e. The molecule has 0 bridgehead atoms. The summed E-state index contributed by atoms with van der Waals surface area (Å²) in [4.78, 5) is 17.1. The van der Waals surface area contributed by atoms with Crippen LogP contribution in [0.3, 0.4) is 0 Å². The Labute approximate surface area is 209 Å². The van der Waals surface area contributed by atoms with Crippen LogP contribution in [0.4, 0.5) is 0 Å². The smallest absolute Gasteiger partial charge is 0.337 e. The van der Waals surface area contributed by atoms with Gasteiger partial charge in [-0.3, -0.25) is 0 Å². The van der Waals surface area contributed by atoms with Crippen molar-refractivity contribution in [3.63, 3.8) is 0 Å². The van der Waals surface area contributed by atoms with Gasteiger partial charge in [-0.2, -0.15) is 0 Å². The molecule has 2 aliphatic rings. The summed E-state index contributed by atoms with van der Waals surface area (Å²) in [5.41, 5.74) is 6.44. The van der Waals surface area contributed by atoms with E-state index in [1.807, 2.05) is 18.5 Å². The monoisotopic (exact) mass is 491 g/mol. The number of benzene rings is 1. The van der Waals surface area contributed by atoms with Crippen LogP contribution in [0.15, 0.2) is 30.6 Å². The number of aromatic nitrogens is 3. The molecular weight excluding hydrogens is 454 g/mol. The van der Waals surface area contributed by atoms with E-state index < -0.39 is 8.07 Å². The van der Waals surface area contributed by atoms with Gasteiger partial charge in [0, 0.05) is 32.1 Å². The van der Waals surface area contributed by atoms with Crippen LogP contribution >= 0.6 is 0 Å². The first kappa shape index (κ1) is 24.1. The number of ether oxygens (including phenoxy) is 2. The van der Waals surface area contributed by atoms with Crippen LogP contribution in [0.25, 0.3) is 28.4 Å². The summed E-state index contributed by atoms with van der Waals surface area (Å²) in [5, 5.41) is 1.24. The molecule has 1 aliphatic carbocycles. The predicted octanol–water partition coefficient (Wildman–Crippen LogP) is 6.68. The van der Waals surface area contributed by atoms with Crippen LogP contribution in [-0.2, 0) is 22.7 Å². The number of carbonyl (C=O) groups excluding carboxylic acids is 1. The first-order chi connectivity index (χ1) is 16.9. The third-order valence-electron chi connectivity index (χ3n) is 7.42. The number of nitrogens with zero attached hydrogens (tertiary/aromatic N) is 3. The second-order valence-corrected chi connectivity index (χ2v) is 16.8. The highest BCUT2D eigenvalue weighted by molar-refractivity contribution is 6.76. The van der Waals surface area contributed by atoms with Crippen LogP contribution in [0.1, 0.15) is 59.6 Å². The van der Waals surface area contributed by atoms with E-state index in [0.717, 1.165) is 36.1 Å². The molecule has 0 N–H and O–H groups in total. The Morgan fingerprint density at radius 1 is 1.14 bits per heavy atom. The number of fused-ring (bicyclic) bond motifs is 5. The highest BCUT2D eigenvalue weighted by Crippen LogP contribution is 2.45. The molecule has 6 nitrogen and oxygen atoms in total. The van der Waals surface area contributed by atoms with Crippen molar-refractivity contribution in [2.24, 2.45) is 0 Å². The van der Waals surface area contributed by atoms with Crippen LogP contribution in [0.2, 0.25) is 25.7 Å². The highest BCUT2D eigenvalue weighted by atomic mass is 28.3. The summed E-state index contributed by atoms with van der Waals surface area (Å²) < 4.78 is 15.7. The van der Waals surface area contributed by atoms with Gasteiger partial charge < -0.3 is 18.6 Å². The van der Waals surface area contributed by atoms with Gasteiger partial charge in [-0.1, -0.05) is 51.0 Å². The standard InChI is InChI=1S/C28H37N3O3Si/c1-33-28(32)21-12-13-22-24(17-21)31-14-8-11-23-26(27(31)25(22)20-9-6-5-7-10-20)30(18-29-23)19-34-15-16-35(2,3)4/h8,11-13,17-18,20H,5-7,9-10,14-16,19H2,1-4H3. The number of allylic oxidation sites excluding steroid dienone is 1. The van der Waals surface area contributed by atoms with Crippen molar-refractivity contribution >= 4 is 31.0 Å². The van der Waals surface area contributed by atoms with Gasteiger partial charge in [0.25, 0.3) is 0 Å². The van der Waals surface area contributed by atoms with E-state index in [1.165, 1.54) is 55.9 Å². The molecule has 7 heteroatoms. The molecule has 0 atom stereocenters. The molecule has 0 spiro atoms. The summed E-state index contributed by atoms with van der Waals surface area (Å²) >= 11 is 0. The Balaban J connectivity index is 1.64. The van der Waals surface area contributed by atoms with Crippen molar-refractivity contribution in [2.45, 2.75) is 77.0 Å².